The van der Waals surface area contributed by atoms with E-state index in [1.165, 1.54) is 5.56 Å². The number of amides is 1. The fourth-order valence-electron chi connectivity index (χ4n) is 2.23. The van der Waals surface area contributed by atoms with Crippen LogP contribution in [0.1, 0.15) is 38.4 Å². The minimum Gasteiger partial charge on any atom is -0.444 e. The molecule has 0 atom stereocenters. The number of alkyl carbamates (subject to hydrolysis) is 1. The molecule has 2 rings (SSSR count). The Hall–Kier alpha value is -1.85. The molecule has 0 fully saturated rings. The highest BCUT2D eigenvalue weighted by Crippen LogP contribution is 2.20. The molecule has 0 radical (unpaired) electrons. The van der Waals surface area contributed by atoms with Crippen molar-refractivity contribution >= 4 is 12.0 Å². The van der Waals surface area contributed by atoms with E-state index < -0.39 is 11.7 Å². The number of likely N-dealkylation sites (N-methyl/N-ethyl adjacent to an activating group) is 1. The van der Waals surface area contributed by atoms with Gasteiger partial charge in [0, 0.05) is 32.0 Å². The average Bonchev–Trinajstić information content (AvgIpc) is 2.83. The van der Waals surface area contributed by atoms with Crippen molar-refractivity contribution in [2.45, 2.75) is 45.6 Å². The number of aryl methyl sites for hydroxylation is 2. The molecule has 1 amide bonds. The van der Waals surface area contributed by atoms with Crippen molar-refractivity contribution in [2.75, 3.05) is 25.0 Å². The second-order valence-corrected chi connectivity index (χ2v) is 6.35. The number of fused-ring (bicyclic) bond motifs is 1. The molecule has 0 unspecified atom stereocenters. The summed E-state index contributed by atoms with van der Waals surface area (Å²) in [4.78, 5) is 22.4. The van der Waals surface area contributed by atoms with Gasteiger partial charge in [0.2, 0.25) is 5.95 Å². The van der Waals surface area contributed by atoms with E-state index >= 15 is 0 Å². The summed E-state index contributed by atoms with van der Waals surface area (Å²) < 4.78 is 5.19. The zero-order valence-corrected chi connectivity index (χ0v) is 13.3. The third-order valence-corrected chi connectivity index (χ3v) is 3.26. The molecule has 0 aromatic carbocycles. The van der Waals surface area contributed by atoms with Gasteiger partial charge < -0.3 is 15.0 Å². The second kappa shape index (κ2) is 6.28. The summed E-state index contributed by atoms with van der Waals surface area (Å²) in [5, 5.41) is 2.73. The monoisotopic (exact) mass is 292 g/mol. The van der Waals surface area contributed by atoms with Gasteiger partial charge in [0.15, 0.2) is 0 Å². The van der Waals surface area contributed by atoms with Gasteiger partial charge in [0.25, 0.3) is 0 Å². The SMILES string of the molecule is CN(CCNC(=O)OC(C)(C)C)c1ncc2c(n1)CCC2. The van der Waals surface area contributed by atoms with E-state index in [4.69, 9.17) is 4.74 Å². The van der Waals surface area contributed by atoms with Crippen LogP contribution in [0.5, 0.6) is 0 Å². The molecule has 0 saturated carbocycles. The Labute approximate surface area is 125 Å². The predicted molar refractivity (Wildman–Crippen MR) is 81.6 cm³/mol. The molecule has 21 heavy (non-hydrogen) atoms. The summed E-state index contributed by atoms with van der Waals surface area (Å²) >= 11 is 0. The standard InChI is InChI=1S/C15H24N4O2/c1-15(2,3)21-14(20)16-8-9-19(4)13-17-10-11-6-5-7-12(11)18-13/h10H,5-9H2,1-4H3,(H,16,20). The topological polar surface area (TPSA) is 67.4 Å². The molecule has 0 bridgehead atoms. The maximum Gasteiger partial charge on any atom is 0.407 e. The highest BCUT2D eigenvalue weighted by molar-refractivity contribution is 5.67. The first-order valence-electron chi connectivity index (χ1n) is 7.38. The maximum atomic E-state index is 11.5. The summed E-state index contributed by atoms with van der Waals surface area (Å²) in [7, 11) is 1.92. The van der Waals surface area contributed by atoms with Crippen LogP contribution in [0.4, 0.5) is 10.7 Å². The molecule has 116 valence electrons. The lowest BCUT2D eigenvalue weighted by Gasteiger charge is -2.21. The van der Waals surface area contributed by atoms with Gasteiger partial charge >= 0.3 is 6.09 Å². The highest BCUT2D eigenvalue weighted by atomic mass is 16.6. The lowest BCUT2D eigenvalue weighted by Crippen LogP contribution is -2.37. The quantitative estimate of drug-likeness (QED) is 0.918. The van der Waals surface area contributed by atoms with Crippen molar-refractivity contribution in [1.82, 2.24) is 15.3 Å². The fourth-order valence-corrected chi connectivity index (χ4v) is 2.23. The van der Waals surface area contributed by atoms with Crippen LogP contribution in [0.3, 0.4) is 0 Å². The molecule has 6 nitrogen and oxygen atoms in total. The number of nitrogens with one attached hydrogen (secondary N) is 1. The van der Waals surface area contributed by atoms with Crippen molar-refractivity contribution in [3.63, 3.8) is 0 Å². The number of hydrogen-bond donors (Lipinski definition) is 1. The van der Waals surface area contributed by atoms with Crippen LogP contribution in [0.25, 0.3) is 0 Å². The Balaban J connectivity index is 1.80. The summed E-state index contributed by atoms with van der Waals surface area (Å²) in [6.07, 6.45) is 4.81. The average molecular weight is 292 g/mol. The lowest BCUT2D eigenvalue weighted by atomic mass is 10.2. The van der Waals surface area contributed by atoms with Crippen LogP contribution in [0.2, 0.25) is 0 Å². The number of hydrogen-bond acceptors (Lipinski definition) is 5. The molecule has 1 aromatic rings. The van der Waals surface area contributed by atoms with Gasteiger partial charge in [-0.05, 0) is 45.6 Å². The minimum atomic E-state index is -0.473. The Morgan fingerprint density at radius 3 is 2.90 bits per heavy atom. The third-order valence-electron chi connectivity index (χ3n) is 3.26. The van der Waals surface area contributed by atoms with E-state index in [1.807, 2.05) is 38.9 Å². The van der Waals surface area contributed by atoms with Crippen LogP contribution < -0.4 is 10.2 Å². The first-order valence-corrected chi connectivity index (χ1v) is 7.38. The zero-order valence-electron chi connectivity index (χ0n) is 13.3. The van der Waals surface area contributed by atoms with E-state index in [9.17, 15) is 4.79 Å². The molecular formula is C15H24N4O2. The first-order chi connectivity index (χ1) is 9.85. The fraction of sp³-hybridized carbons (Fsp3) is 0.667. The van der Waals surface area contributed by atoms with Crippen molar-refractivity contribution in [2.24, 2.45) is 0 Å². The first kappa shape index (κ1) is 15.5. The van der Waals surface area contributed by atoms with Crippen LogP contribution >= 0.6 is 0 Å². The molecular weight excluding hydrogens is 268 g/mol. The second-order valence-electron chi connectivity index (χ2n) is 6.35. The van der Waals surface area contributed by atoms with Crippen LogP contribution in [0.15, 0.2) is 6.20 Å². The van der Waals surface area contributed by atoms with Gasteiger partial charge in [-0.2, -0.15) is 0 Å². The van der Waals surface area contributed by atoms with E-state index in [-0.39, 0.29) is 0 Å². The number of nitrogens with zero attached hydrogens (tertiary/aromatic N) is 3. The molecule has 0 aliphatic heterocycles. The van der Waals surface area contributed by atoms with Gasteiger partial charge in [-0.3, -0.25) is 0 Å². The summed E-state index contributed by atoms with van der Waals surface area (Å²) in [5.41, 5.74) is 1.95. The van der Waals surface area contributed by atoms with Crippen LogP contribution in [-0.4, -0.2) is 41.8 Å². The predicted octanol–water partition coefficient (Wildman–Crippen LogP) is 1.93. The van der Waals surface area contributed by atoms with Crippen molar-refractivity contribution < 1.29 is 9.53 Å². The molecule has 1 heterocycles. The lowest BCUT2D eigenvalue weighted by molar-refractivity contribution is 0.0529. The Morgan fingerprint density at radius 2 is 2.19 bits per heavy atom. The summed E-state index contributed by atoms with van der Waals surface area (Å²) in [6, 6.07) is 0. The van der Waals surface area contributed by atoms with E-state index in [0.29, 0.717) is 19.0 Å². The van der Waals surface area contributed by atoms with Gasteiger partial charge in [0.1, 0.15) is 5.60 Å². The number of carbonyl (C=O) groups excluding carboxylic acids is 1. The minimum absolute atomic E-state index is 0.397. The maximum absolute atomic E-state index is 11.5. The van der Waals surface area contributed by atoms with Crippen molar-refractivity contribution in [1.29, 1.82) is 0 Å². The molecule has 0 spiro atoms. The molecule has 1 aliphatic carbocycles. The number of anilines is 1. The van der Waals surface area contributed by atoms with E-state index in [2.05, 4.69) is 15.3 Å². The number of ether oxygens (including phenoxy) is 1. The van der Waals surface area contributed by atoms with E-state index in [0.717, 1.165) is 25.0 Å². The summed E-state index contributed by atoms with van der Waals surface area (Å²) in [6.45, 7) is 6.66. The molecule has 1 aromatic heterocycles. The molecule has 1 N–H and O–H groups in total. The highest BCUT2D eigenvalue weighted by Gasteiger charge is 2.17. The number of aromatic nitrogens is 2. The van der Waals surface area contributed by atoms with Gasteiger partial charge in [-0.1, -0.05) is 0 Å². The number of rotatable bonds is 4. The third kappa shape index (κ3) is 4.58. The van der Waals surface area contributed by atoms with Crippen molar-refractivity contribution in [3.8, 4) is 0 Å². The molecule has 1 aliphatic rings. The van der Waals surface area contributed by atoms with Gasteiger partial charge in [-0.25, -0.2) is 14.8 Å². The number of carbonyl (C=O) groups is 1. The molecule has 6 heteroatoms. The molecule has 0 saturated heterocycles. The normalized spacial score (nSPS) is 13.7. The Kier molecular flexibility index (Phi) is 4.65. The van der Waals surface area contributed by atoms with Crippen molar-refractivity contribution in [3.05, 3.63) is 17.5 Å². The Bertz CT molecular complexity index is 511. The largest absolute Gasteiger partial charge is 0.444 e. The van der Waals surface area contributed by atoms with Gasteiger partial charge in [0.05, 0.1) is 0 Å². The Morgan fingerprint density at radius 1 is 1.43 bits per heavy atom. The van der Waals surface area contributed by atoms with Crippen LogP contribution in [0, 0.1) is 0 Å². The smallest absolute Gasteiger partial charge is 0.407 e. The summed E-state index contributed by atoms with van der Waals surface area (Å²) in [5.74, 6) is 0.710. The van der Waals surface area contributed by atoms with Gasteiger partial charge in [-0.15, -0.1) is 0 Å². The van der Waals surface area contributed by atoms with Crippen LogP contribution in [-0.2, 0) is 17.6 Å². The van der Waals surface area contributed by atoms with E-state index in [1.54, 1.807) is 0 Å². The zero-order chi connectivity index (χ0) is 15.5.